The van der Waals surface area contributed by atoms with Gasteiger partial charge in [-0.2, -0.15) is 5.10 Å². The molecule has 0 saturated heterocycles. The maximum Gasteiger partial charge on any atom is 0.303 e. The molecule has 106 valence electrons. The molecule has 0 aliphatic rings. The fourth-order valence-corrected chi connectivity index (χ4v) is 1.99. The number of benzene rings is 1. The molecule has 0 aliphatic carbocycles. The molecular formula is C15H19N3O2. The van der Waals surface area contributed by atoms with Crippen LogP contribution in [0.5, 0.6) is 0 Å². The maximum absolute atomic E-state index is 10.6. The molecule has 0 amide bonds. The van der Waals surface area contributed by atoms with E-state index in [2.05, 4.69) is 47.2 Å². The molecule has 1 aromatic heterocycles. The zero-order chi connectivity index (χ0) is 14.7. The molecule has 5 heteroatoms. The number of hydrogen-bond acceptors (Lipinski definition) is 3. The van der Waals surface area contributed by atoms with Gasteiger partial charge in [0.1, 0.15) is 5.82 Å². The molecule has 0 atom stereocenters. The fourth-order valence-electron chi connectivity index (χ4n) is 1.99. The normalized spacial score (nSPS) is 11.0. The molecule has 1 heterocycles. The van der Waals surface area contributed by atoms with Crippen LogP contribution in [0.4, 0.5) is 0 Å². The Morgan fingerprint density at radius 2 is 2.15 bits per heavy atom. The van der Waals surface area contributed by atoms with Crippen molar-refractivity contribution in [2.75, 3.05) is 0 Å². The molecule has 2 rings (SSSR count). The predicted octanol–water partition coefficient (Wildman–Crippen LogP) is 2.92. The summed E-state index contributed by atoms with van der Waals surface area (Å²) in [5.74, 6) is 0.850. The highest BCUT2D eigenvalue weighted by atomic mass is 16.4. The highest BCUT2D eigenvalue weighted by molar-refractivity contribution is 5.67. The topological polar surface area (TPSA) is 78.9 Å². The molecule has 0 fully saturated rings. The zero-order valence-electron chi connectivity index (χ0n) is 12.0. The van der Waals surface area contributed by atoms with E-state index in [-0.39, 0.29) is 6.42 Å². The van der Waals surface area contributed by atoms with Crippen LogP contribution in [0.15, 0.2) is 18.2 Å². The molecule has 0 saturated carbocycles. The first kappa shape index (κ1) is 14.2. The summed E-state index contributed by atoms with van der Waals surface area (Å²) in [6.45, 7) is 6.31. The van der Waals surface area contributed by atoms with Gasteiger partial charge in [0.2, 0.25) is 0 Å². The van der Waals surface area contributed by atoms with Gasteiger partial charge in [-0.25, -0.2) is 4.98 Å². The van der Waals surface area contributed by atoms with Gasteiger partial charge >= 0.3 is 5.97 Å². The number of rotatable bonds is 5. The average molecular weight is 273 g/mol. The Hall–Kier alpha value is -2.17. The third kappa shape index (κ3) is 3.23. The highest BCUT2D eigenvalue weighted by Gasteiger charge is 2.11. The predicted molar refractivity (Wildman–Crippen MR) is 76.6 cm³/mol. The monoisotopic (exact) mass is 273 g/mol. The number of aromatic amines is 1. The highest BCUT2D eigenvalue weighted by Crippen LogP contribution is 2.25. The van der Waals surface area contributed by atoms with E-state index in [9.17, 15) is 4.79 Å². The van der Waals surface area contributed by atoms with Crippen LogP contribution in [-0.2, 0) is 11.2 Å². The van der Waals surface area contributed by atoms with Crippen molar-refractivity contribution in [2.24, 2.45) is 0 Å². The van der Waals surface area contributed by atoms with Crippen LogP contribution in [0.3, 0.4) is 0 Å². The Kier molecular flexibility index (Phi) is 4.17. The minimum atomic E-state index is -0.832. The summed E-state index contributed by atoms with van der Waals surface area (Å²) in [5.41, 5.74) is 3.34. The van der Waals surface area contributed by atoms with Crippen LogP contribution in [-0.4, -0.2) is 26.3 Å². The number of aliphatic carboxylic acids is 1. The van der Waals surface area contributed by atoms with E-state index in [0.29, 0.717) is 24.0 Å². The van der Waals surface area contributed by atoms with E-state index in [1.807, 2.05) is 6.92 Å². The molecule has 2 N–H and O–H groups in total. The first-order valence-electron chi connectivity index (χ1n) is 6.71. The van der Waals surface area contributed by atoms with Gasteiger partial charge in [0, 0.05) is 12.0 Å². The number of hydrogen-bond donors (Lipinski definition) is 2. The fraction of sp³-hybridized carbons (Fsp3) is 0.400. The Labute approximate surface area is 118 Å². The number of nitrogens with zero attached hydrogens (tertiary/aromatic N) is 2. The van der Waals surface area contributed by atoms with Gasteiger partial charge in [0.05, 0.1) is 6.42 Å². The molecule has 5 nitrogen and oxygen atoms in total. The summed E-state index contributed by atoms with van der Waals surface area (Å²) in [5, 5.41) is 15.7. The second-order valence-electron chi connectivity index (χ2n) is 5.23. The molecular weight excluding hydrogens is 254 g/mol. The standard InChI is InChI=1S/C15H19N3O2/c1-9(2)11-5-4-10(3)12(8-11)15-16-13(17-18-15)6-7-14(19)20/h4-5,8-9H,6-7H2,1-3H3,(H,19,20)(H,16,17,18). The first-order valence-corrected chi connectivity index (χ1v) is 6.71. The number of carboxylic acid groups (broad SMARTS) is 1. The number of aromatic nitrogens is 3. The molecule has 20 heavy (non-hydrogen) atoms. The molecule has 2 aromatic rings. The van der Waals surface area contributed by atoms with Crippen LogP contribution < -0.4 is 0 Å². The van der Waals surface area contributed by atoms with Crippen molar-refractivity contribution in [3.05, 3.63) is 35.2 Å². The Morgan fingerprint density at radius 3 is 2.80 bits per heavy atom. The number of aryl methyl sites for hydroxylation is 2. The second-order valence-corrected chi connectivity index (χ2v) is 5.23. The van der Waals surface area contributed by atoms with Gasteiger partial charge in [0.25, 0.3) is 0 Å². The molecule has 1 aromatic carbocycles. The largest absolute Gasteiger partial charge is 0.481 e. The Balaban J connectivity index is 2.27. The van der Waals surface area contributed by atoms with Crippen molar-refractivity contribution < 1.29 is 9.90 Å². The van der Waals surface area contributed by atoms with Crippen LogP contribution in [0.1, 0.15) is 43.1 Å². The summed E-state index contributed by atoms with van der Waals surface area (Å²) in [4.78, 5) is 14.9. The first-order chi connectivity index (χ1) is 9.47. The third-order valence-electron chi connectivity index (χ3n) is 3.28. The van der Waals surface area contributed by atoms with E-state index >= 15 is 0 Å². The van der Waals surface area contributed by atoms with E-state index in [1.54, 1.807) is 0 Å². The number of carbonyl (C=O) groups is 1. The van der Waals surface area contributed by atoms with Crippen molar-refractivity contribution >= 4 is 5.97 Å². The van der Waals surface area contributed by atoms with Crippen molar-refractivity contribution in [1.82, 2.24) is 15.2 Å². The number of nitrogens with one attached hydrogen (secondary N) is 1. The van der Waals surface area contributed by atoms with E-state index in [1.165, 1.54) is 5.56 Å². The zero-order valence-corrected chi connectivity index (χ0v) is 12.0. The molecule has 0 bridgehead atoms. The lowest BCUT2D eigenvalue weighted by Gasteiger charge is -2.08. The average Bonchev–Trinajstić information content (AvgIpc) is 2.85. The summed E-state index contributed by atoms with van der Waals surface area (Å²) in [7, 11) is 0. The Morgan fingerprint density at radius 1 is 1.40 bits per heavy atom. The number of carboxylic acids is 1. The van der Waals surface area contributed by atoms with Crippen LogP contribution in [0.25, 0.3) is 11.4 Å². The SMILES string of the molecule is Cc1ccc(C(C)C)cc1-c1n[nH]c(CCC(=O)O)n1. The summed E-state index contributed by atoms with van der Waals surface area (Å²) in [6.07, 6.45) is 0.422. The molecule has 0 unspecified atom stereocenters. The summed E-state index contributed by atoms with van der Waals surface area (Å²) in [6, 6.07) is 6.28. The van der Waals surface area contributed by atoms with Gasteiger partial charge in [-0.05, 0) is 30.0 Å². The minimum absolute atomic E-state index is 0.0552. The smallest absolute Gasteiger partial charge is 0.303 e. The maximum atomic E-state index is 10.6. The van der Waals surface area contributed by atoms with Gasteiger partial charge in [0.15, 0.2) is 5.82 Å². The lowest BCUT2D eigenvalue weighted by molar-refractivity contribution is -0.137. The van der Waals surface area contributed by atoms with Gasteiger partial charge in [-0.1, -0.05) is 26.0 Å². The molecule has 0 radical (unpaired) electrons. The summed E-state index contributed by atoms with van der Waals surface area (Å²) < 4.78 is 0. The Bertz CT molecular complexity index is 617. The lowest BCUT2D eigenvalue weighted by atomic mass is 9.97. The van der Waals surface area contributed by atoms with Crippen molar-refractivity contribution in [3.8, 4) is 11.4 Å². The van der Waals surface area contributed by atoms with Crippen molar-refractivity contribution in [2.45, 2.75) is 39.5 Å². The van der Waals surface area contributed by atoms with E-state index < -0.39 is 5.97 Å². The quantitative estimate of drug-likeness (QED) is 0.877. The van der Waals surface area contributed by atoms with Gasteiger partial charge in [-0.3, -0.25) is 9.89 Å². The van der Waals surface area contributed by atoms with Crippen LogP contribution in [0, 0.1) is 6.92 Å². The second kappa shape index (κ2) is 5.86. The lowest BCUT2D eigenvalue weighted by Crippen LogP contribution is -1.98. The van der Waals surface area contributed by atoms with Crippen LogP contribution >= 0.6 is 0 Å². The minimum Gasteiger partial charge on any atom is -0.481 e. The number of H-pyrrole nitrogens is 1. The summed E-state index contributed by atoms with van der Waals surface area (Å²) >= 11 is 0. The molecule has 0 aliphatic heterocycles. The van der Waals surface area contributed by atoms with E-state index in [4.69, 9.17) is 5.11 Å². The van der Waals surface area contributed by atoms with E-state index in [0.717, 1.165) is 11.1 Å². The van der Waals surface area contributed by atoms with Gasteiger partial charge in [-0.15, -0.1) is 0 Å². The van der Waals surface area contributed by atoms with Crippen LogP contribution in [0.2, 0.25) is 0 Å². The van der Waals surface area contributed by atoms with Gasteiger partial charge < -0.3 is 5.11 Å². The third-order valence-corrected chi connectivity index (χ3v) is 3.28. The van der Waals surface area contributed by atoms with Crippen molar-refractivity contribution in [3.63, 3.8) is 0 Å². The molecule has 0 spiro atoms. The van der Waals surface area contributed by atoms with Crippen molar-refractivity contribution in [1.29, 1.82) is 0 Å².